The standard InChI is InChI=1S/C48H29N3O/c1-2-10-30(11-3-1)35-22-23-40-44(28-35)51(43-25-24-39-38-16-8-9-17-45(38)52-47(39)46(40)43)48-49-41(36-20-18-31-12-4-6-14-33(31)26-36)29-42(50-48)37-21-19-32-13-5-7-15-34(32)27-37/h1-29H. The predicted octanol–water partition coefficient (Wildman–Crippen LogP) is 12.8. The van der Waals surface area contributed by atoms with E-state index in [1.54, 1.807) is 0 Å². The number of para-hydroxylation sites is 1. The summed E-state index contributed by atoms with van der Waals surface area (Å²) < 4.78 is 8.87. The van der Waals surface area contributed by atoms with Gasteiger partial charge in [0.25, 0.3) is 0 Å². The fourth-order valence-electron chi connectivity index (χ4n) is 7.84. The van der Waals surface area contributed by atoms with Crippen LogP contribution in [0.25, 0.3) is 105 Å². The Morgan fingerprint density at radius 1 is 0.385 bits per heavy atom. The predicted molar refractivity (Wildman–Crippen MR) is 215 cm³/mol. The Kier molecular flexibility index (Phi) is 6.22. The topological polar surface area (TPSA) is 43.9 Å². The summed E-state index contributed by atoms with van der Waals surface area (Å²) in [5.74, 6) is 0.606. The monoisotopic (exact) mass is 663 g/mol. The summed E-state index contributed by atoms with van der Waals surface area (Å²) in [4.78, 5) is 10.8. The molecule has 3 heterocycles. The number of benzene rings is 8. The van der Waals surface area contributed by atoms with Crippen LogP contribution in [0.3, 0.4) is 0 Å². The van der Waals surface area contributed by atoms with Gasteiger partial charge in [0, 0.05) is 27.3 Å². The molecule has 0 spiro atoms. The molecular weight excluding hydrogens is 635 g/mol. The molecule has 0 aliphatic heterocycles. The molecule has 0 unspecified atom stereocenters. The summed E-state index contributed by atoms with van der Waals surface area (Å²) in [5, 5.41) is 9.07. The lowest BCUT2D eigenvalue weighted by Gasteiger charge is -2.13. The van der Waals surface area contributed by atoms with Crippen molar-refractivity contribution in [1.82, 2.24) is 14.5 Å². The second-order valence-corrected chi connectivity index (χ2v) is 13.4. The fourth-order valence-corrected chi connectivity index (χ4v) is 7.84. The van der Waals surface area contributed by atoms with Crippen LogP contribution in [0.1, 0.15) is 0 Å². The second-order valence-electron chi connectivity index (χ2n) is 13.4. The summed E-state index contributed by atoms with van der Waals surface area (Å²) in [7, 11) is 0. The summed E-state index contributed by atoms with van der Waals surface area (Å²) in [6, 6.07) is 62.0. The third-order valence-corrected chi connectivity index (χ3v) is 10.4. The molecular formula is C48H29N3O. The first-order valence-electron chi connectivity index (χ1n) is 17.6. The Balaban J connectivity index is 1.24. The van der Waals surface area contributed by atoms with Gasteiger partial charge >= 0.3 is 0 Å². The maximum Gasteiger partial charge on any atom is 0.235 e. The average molecular weight is 664 g/mol. The molecule has 0 amide bonds. The Bertz CT molecular complexity index is 3090. The van der Waals surface area contributed by atoms with E-state index in [1.165, 1.54) is 21.5 Å². The minimum atomic E-state index is 0.606. The molecule has 8 aromatic carbocycles. The van der Waals surface area contributed by atoms with E-state index < -0.39 is 0 Å². The van der Waals surface area contributed by atoms with Crippen LogP contribution in [0.2, 0.25) is 0 Å². The van der Waals surface area contributed by atoms with Gasteiger partial charge in [0.05, 0.1) is 27.8 Å². The quantitative estimate of drug-likeness (QED) is 0.188. The van der Waals surface area contributed by atoms with Gasteiger partial charge < -0.3 is 4.42 Å². The highest BCUT2D eigenvalue weighted by atomic mass is 16.3. The van der Waals surface area contributed by atoms with Gasteiger partial charge in [0.1, 0.15) is 11.2 Å². The van der Waals surface area contributed by atoms with Crippen LogP contribution in [0.5, 0.6) is 0 Å². The summed E-state index contributed by atoms with van der Waals surface area (Å²) >= 11 is 0. The van der Waals surface area contributed by atoms with Gasteiger partial charge in [0.2, 0.25) is 5.95 Å². The van der Waals surface area contributed by atoms with Crippen LogP contribution < -0.4 is 0 Å². The van der Waals surface area contributed by atoms with Crippen molar-refractivity contribution in [3.05, 3.63) is 176 Å². The molecule has 0 saturated carbocycles. The fraction of sp³-hybridized carbons (Fsp3) is 0. The number of fused-ring (bicyclic) bond motifs is 9. The van der Waals surface area contributed by atoms with E-state index in [4.69, 9.17) is 14.4 Å². The summed E-state index contributed by atoms with van der Waals surface area (Å²) in [6.07, 6.45) is 0. The Labute approximate surface area is 298 Å². The molecule has 52 heavy (non-hydrogen) atoms. The van der Waals surface area contributed by atoms with Crippen LogP contribution in [0.15, 0.2) is 180 Å². The third-order valence-electron chi connectivity index (χ3n) is 10.4. The molecule has 4 nitrogen and oxygen atoms in total. The largest absolute Gasteiger partial charge is 0.455 e. The van der Waals surface area contributed by atoms with Crippen LogP contribution in [-0.4, -0.2) is 14.5 Å². The molecule has 0 saturated heterocycles. The lowest BCUT2D eigenvalue weighted by molar-refractivity contribution is 0.673. The van der Waals surface area contributed by atoms with Crippen LogP contribution in [0.4, 0.5) is 0 Å². The first-order valence-corrected chi connectivity index (χ1v) is 17.6. The summed E-state index contributed by atoms with van der Waals surface area (Å²) in [5.41, 5.74) is 9.82. The molecule has 0 bridgehead atoms. The van der Waals surface area contributed by atoms with Crippen LogP contribution >= 0.6 is 0 Å². The molecule has 0 aliphatic carbocycles. The number of rotatable bonds is 4. The molecule has 3 aromatic heterocycles. The van der Waals surface area contributed by atoms with Gasteiger partial charge in [-0.1, -0.05) is 133 Å². The Morgan fingerprint density at radius 3 is 1.69 bits per heavy atom. The van der Waals surface area contributed by atoms with E-state index in [2.05, 4.69) is 168 Å². The molecule has 242 valence electrons. The molecule has 0 N–H and O–H groups in total. The second kappa shape index (κ2) is 11.2. The van der Waals surface area contributed by atoms with Crippen molar-refractivity contribution in [2.75, 3.05) is 0 Å². The molecule has 4 heteroatoms. The average Bonchev–Trinajstić information content (AvgIpc) is 3.76. The number of nitrogens with zero attached hydrogens (tertiary/aromatic N) is 3. The first-order chi connectivity index (χ1) is 25.7. The zero-order valence-corrected chi connectivity index (χ0v) is 28.0. The highest BCUT2D eigenvalue weighted by Crippen LogP contribution is 2.42. The van der Waals surface area contributed by atoms with E-state index in [0.717, 1.165) is 77.4 Å². The van der Waals surface area contributed by atoms with Crippen molar-refractivity contribution in [1.29, 1.82) is 0 Å². The van der Waals surface area contributed by atoms with E-state index >= 15 is 0 Å². The van der Waals surface area contributed by atoms with Crippen molar-refractivity contribution in [3.8, 4) is 39.6 Å². The van der Waals surface area contributed by atoms with E-state index in [1.807, 2.05) is 12.1 Å². The van der Waals surface area contributed by atoms with E-state index in [9.17, 15) is 0 Å². The van der Waals surface area contributed by atoms with Crippen LogP contribution in [-0.2, 0) is 0 Å². The molecule has 0 radical (unpaired) electrons. The maximum atomic E-state index is 6.65. The van der Waals surface area contributed by atoms with Gasteiger partial charge in [-0.2, -0.15) is 0 Å². The normalized spacial score (nSPS) is 11.8. The highest BCUT2D eigenvalue weighted by molar-refractivity contribution is 6.24. The lowest BCUT2D eigenvalue weighted by Crippen LogP contribution is -2.04. The molecule has 11 rings (SSSR count). The van der Waals surface area contributed by atoms with Crippen molar-refractivity contribution in [2.45, 2.75) is 0 Å². The number of hydrogen-bond acceptors (Lipinski definition) is 3. The lowest BCUT2D eigenvalue weighted by atomic mass is 10.0. The van der Waals surface area contributed by atoms with Crippen LogP contribution in [0, 0.1) is 0 Å². The van der Waals surface area contributed by atoms with Crippen molar-refractivity contribution in [3.63, 3.8) is 0 Å². The number of furan rings is 1. The van der Waals surface area contributed by atoms with Crippen molar-refractivity contribution < 1.29 is 4.42 Å². The van der Waals surface area contributed by atoms with E-state index in [-0.39, 0.29) is 0 Å². The van der Waals surface area contributed by atoms with Gasteiger partial charge in [-0.3, -0.25) is 4.57 Å². The SMILES string of the molecule is c1ccc(-c2ccc3c4c5oc6ccccc6c5ccc4n(-c4nc(-c5ccc6ccccc6c5)cc(-c5ccc6ccccc6c5)n4)c3c2)cc1. The van der Waals surface area contributed by atoms with Gasteiger partial charge in [-0.05, 0) is 75.1 Å². The maximum absolute atomic E-state index is 6.65. The third kappa shape index (κ3) is 4.48. The molecule has 0 aliphatic rings. The van der Waals surface area contributed by atoms with Gasteiger partial charge in [-0.15, -0.1) is 0 Å². The summed E-state index contributed by atoms with van der Waals surface area (Å²) in [6.45, 7) is 0. The van der Waals surface area contributed by atoms with E-state index in [0.29, 0.717) is 5.95 Å². The highest BCUT2D eigenvalue weighted by Gasteiger charge is 2.22. The zero-order valence-electron chi connectivity index (χ0n) is 28.0. The minimum Gasteiger partial charge on any atom is -0.455 e. The minimum absolute atomic E-state index is 0.606. The first kappa shape index (κ1) is 28.8. The molecule has 0 atom stereocenters. The van der Waals surface area contributed by atoms with Crippen molar-refractivity contribution >= 4 is 65.3 Å². The van der Waals surface area contributed by atoms with Gasteiger partial charge in [-0.25, -0.2) is 9.97 Å². The zero-order chi connectivity index (χ0) is 34.2. The van der Waals surface area contributed by atoms with Gasteiger partial charge in [0.15, 0.2) is 0 Å². The number of aromatic nitrogens is 3. The smallest absolute Gasteiger partial charge is 0.235 e. The Hall–Kier alpha value is -7.04. The molecule has 0 fully saturated rings. The molecule has 11 aromatic rings. The van der Waals surface area contributed by atoms with Crippen molar-refractivity contribution in [2.24, 2.45) is 0 Å². The Morgan fingerprint density at radius 2 is 0.981 bits per heavy atom. The number of hydrogen-bond donors (Lipinski definition) is 0.